The molecule has 3 nitrogen and oxygen atoms in total. The Labute approximate surface area is 157 Å². The van der Waals surface area contributed by atoms with Crippen LogP contribution in [0, 0.1) is 0 Å². The molecule has 0 amide bonds. The highest BCUT2D eigenvalue weighted by molar-refractivity contribution is 6.35. The van der Waals surface area contributed by atoms with Gasteiger partial charge in [0.15, 0.2) is 0 Å². The summed E-state index contributed by atoms with van der Waals surface area (Å²) in [6, 6.07) is 18.6. The molecule has 2 N–H and O–H groups in total. The molecule has 3 aromatic rings. The number of hydrogen-bond donors (Lipinski definition) is 2. The predicted molar refractivity (Wildman–Crippen MR) is 102 cm³/mol. The molecule has 130 valence electrons. The molecule has 1 heterocycles. The van der Waals surface area contributed by atoms with E-state index in [2.05, 4.69) is 5.32 Å². The third-order valence-corrected chi connectivity index (χ3v) is 4.46. The average Bonchev–Trinajstić information content (AvgIpc) is 3.08. The van der Waals surface area contributed by atoms with E-state index in [1.807, 2.05) is 61.5 Å². The molecule has 1 aromatic heterocycles. The van der Waals surface area contributed by atoms with Crippen LogP contribution in [0.5, 0.6) is 0 Å². The lowest BCUT2D eigenvalue weighted by Gasteiger charge is -2.20. The summed E-state index contributed by atoms with van der Waals surface area (Å²) in [6.07, 6.45) is -0.581. The van der Waals surface area contributed by atoms with E-state index in [0.717, 1.165) is 16.9 Å². The van der Waals surface area contributed by atoms with Crippen LogP contribution in [0.2, 0.25) is 10.0 Å². The van der Waals surface area contributed by atoms with Crippen molar-refractivity contribution in [3.8, 4) is 11.3 Å². The molecule has 5 heteroatoms. The molecule has 0 bridgehead atoms. The van der Waals surface area contributed by atoms with Crippen LogP contribution in [-0.4, -0.2) is 11.1 Å². The van der Waals surface area contributed by atoms with Crippen LogP contribution in [0.4, 0.5) is 0 Å². The number of furan rings is 1. The average molecular weight is 376 g/mol. The van der Waals surface area contributed by atoms with Crippen molar-refractivity contribution in [1.82, 2.24) is 5.32 Å². The van der Waals surface area contributed by atoms with Gasteiger partial charge < -0.3 is 14.8 Å². The van der Waals surface area contributed by atoms with Crippen molar-refractivity contribution >= 4 is 23.2 Å². The van der Waals surface area contributed by atoms with Crippen molar-refractivity contribution in [2.24, 2.45) is 0 Å². The summed E-state index contributed by atoms with van der Waals surface area (Å²) in [5.41, 5.74) is 1.72. The zero-order chi connectivity index (χ0) is 17.8. The van der Waals surface area contributed by atoms with E-state index in [4.69, 9.17) is 27.6 Å². The van der Waals surface area contributed by atoms with E-state index in [0.29, 0.717) is 22.4 Å². The Hall–Kier alpha value is -1.78. The van der Waals surface area contributed by atoms with Gasteiger partial charge in [0.2, 0.25) is 0 Å². The number of benzene rings is 2. The van der Waals surface area contributed by atoms with E-state index in [1.165, 1.54) is 0 Å². The highest BCUT2D eigenvalue weighted by Gasteiger charge is 2.16. The SMILES string of the molecule is CC(NCc1ccc(-c2cc(Cl)cc(Cl)c2)o1)C(O)c1ccccc1. The first-order chi connectivity index (χ1) is 12.0. The van der Waals surface area contributed by atoms with Crippen LogP contribution >= 0.6 is 23.2 Å². The van der Waals surface area contributed by atoms with Gasteiger partial charge in [-0.3, -0.25) is 0 Å². The number of aliphatic hydroxyl groups excluding tert-OH is 1. The van der Waals surface area contributed by atoms with Gasteiger partial charge in [0.1, 0.15) is 11.5 Å². The molecule has 0 aliphatic rings. The normalized spacial score (nSPS) is 13.6. The maximum absolute atomic E-state index is 10.4. The minimum absolute atomic E-state index is 0.114. The van der Waals surface area contributed by atoms with Gasteiger partial charge in [0.25, 0.3) is 0 Å². The lowest BCUT2D eigenvalue weighted by molar-refractivity contribution is 0.134. The third kappa shape index (κ3) is 4.65. The van der Waals surface area contributed by atoms with Crippen molar-refractivity contribution in [3.63, 3.8) is 0 Å². The highest BCUT2D eigenvalue weighted by Crippen LogP contribution is 2.28. The maximum atomic E-state index is 10.4. The summed E-state index contributed by atoms with van der Waals surface area (Å²) in [6.45, 7) is 2.46. The minimum Gasteiger partial charge on any atom is -0.460 e. The lowest BCUT2D eigenvalue weighted by Crippen LogP contribution is -2.31. The number of halogens is 2. The molecular weight excluding hydrogens is 357 g/mol. The summed E-state index contributed by atoms with van der Waals surface area (Å²) < 4.78 is 5.85. The van der Waals surface area contributed by atoms with E-state index in [-0.39, 0.29) is 6.04 Å². The van der Waals surface area contributed by atoms with Gasteiger partial charge in [-0.1, -0.05) is 53.5 Å². The summed E-state index contributed by atoms with van der Waals surface area (Å²) in [5, 5.41) is 14.8. The molecule has 2 unspecified atom stereocenters. The third-order valence-electron chi connectivity index (χ3n) is 4.02. The van der Waals surface area contributed by atoms with Crippen LogP contribution in [0.25, 0.3) is 11.3 Å². The second-order valence-electron chi connectivity index (χ2n) is 5.95. The molecule has 0 spiro atoms. The Morgan fingerprint density at radius 2 is 1.68 bits per heavy atom. The number of aliphatic hydroxyl groups is 1. The first kappa shape index (κ1) is 18.0. The Morgan fingerprint density at radius 3 is 2.36 bits per heavy atom. The van der Waals surface area contributed by atoms with Crippen LogP contribution in [-0.2, 0) is 6.54 Å². The van der Waals surface area contributed by atoms with Crippen molar-refractivity contribution in [3.05, 3.63) is 82.0 Å². The zero-order valence-corrected chi connectivity index (χ0v) is 15.3. The van der Waals surface area contributed by atoms with Gasteiger partial charge in [-0.05, 0) is 42.8 Å². The summed E-state index contributed by atoms with van der Waals surface area (Å²) in [4.78, 5) is 0. The number of nitrogens with one attached hydrogen (secondary N) is 1. The van der Waals surface area contributed by atoms with Crippen LogP contribution in [0.3, 0.4) is 0 Å². The summed E-state index contributed by atoms with van der Waals surface area (Å²) in [7, 11) is 0. The zero-order valence-electron chi connectivity index (χ0n) is 13.7. The highest BCUT2D eigenvalue weighted by atomic mass is 35.5. The van der Waals surface area contributed by atoms with Gasteiger partial charge in [-0.25, -0.2) is 0 Å². The van der Waals surface area contributed by atoms with Gasteiger partial charge in [-0.15, -0.1) is 0 Å². The Morgan fingerprint density at radius 1 is 1.00 bits per heavy atom. The molecule has 2 aromatic carbocycles. The monoisotopic (exact) mass is 375 g/mol. The molecule has 0 saturated carbocycles. The van der Waals surface area contributed by atoms with Crippen LogP contribution in [0.15, 0.2) is 65.1 Å². The van der Waals surface area contributed by atoms with Crippen LogP contribution in [0.1, 0.15) is 24.4 Å². The molecule has 2 atom stereocenters. The Bertz CT molecular complexity index is 812. The quantitative estimate of drug-likeness (QED) is 0.600. The molecule has 0 radical (unpaired) electrons. The molecule has 25 heavy (non-hydrogen) atoms. The van der Waals surface area contributed by atoms with Crippen molar-refractivity contribution in [1.29, 1.82) is 0 Å². The molecule has 0 saturated heterocycles. The fraction of sp³-hybridized carbons (Fsp3) is 0.200. The van der Waals surface area contributed by atoms with Crippen LogP contribution < -0.4 is 5.32 Å². The largest absolute Gasteiger partial charge is 0.460 e. The maximum Gasteiger partial charge on any atom is 0.134 e. The topological polar surface area (TPSA) is 45.4 Å². The van der Waals surface area contributed by atoms with E-state index in [9.17, 15) is 5.11 Å². The van der Waals surface area contributed by atoms with Crippen molar-refractivity contribution in [2.75, 3.05) is 0 Å². The number of hydrogen-bond acceptors (Lipinski definition) is 3. The van der Waals surface area contributed by atoms with Gasteiger partial charge >= 0.3 is 0 Å². The molecule has 3 rings (SSSR count). The van der Waals surface area contributed by atoms with Gasteiger partial charge in [0.05, 0.1) is 12.6 Å². The Kier molecular flexibility index (Phi) is 5.82. The van der Waals surface area contributed by atoms with Gasteiger partial charge in [0, 0.05) is 21.7 Å². The van der Waals surface area contributed by atoms with Crippen molar-refractivity contribution < 1.29 is 9.52 Å². The summed E-state index contributed by atoms with van der Waals surface area (Å²) in [5.74, 6) is 1.48. The predicted octanol–water partition coefficient (Wildman–Crippen LogP) is 5.47. The fourth-order valence-electron chi connectivity index (χ4n) is 2.64. The second kappa shape index (κ2) is 8.07. The van der Waals surface area contributed by atoms with E-state index >= 15 is 0 Å². The first-order valence-corrected chi connectivity index (χ1v) is 8.80. The summed E-state index contributed by atoms with van der Waals surface area (Å²) >= 11 is 12.1. The van der Waals surface area contributed by atoms with E-state index in [1.54, 1.807) is 6.07 Å². The first-order valence-electron chi connectivity index (χ1n) is 8.04. The standard InChI is InChI=1S/C20H19Cl2NO2/c1-13(20(24)14-5-3-2-4-6-14)23-12-18-7-8-19(25-18)15-9-16(21)11-17(22)10-15/h2-11,13,20,23-24H,12H2,1H3. The smallest absolute Gasteiger partial charge is 0.134 e. The number of rotatable bonds is 6. The lowest BCUT2D eigenvalue weighted by atomic mass is 10.0. The molecule has 0 aliphatic carbocycles. The fourth-order valence-corrected chi connectivity index (χ4v) is 3.16. The van der Waals surface area contributed by atoms with Crippen molar-refractivity contribution in [2.45, 2.75) is 25.6 Å². The van der Waals surface area contributed by atoms with E-state index < -0.39 is 6.10 Å². The minimum atomic E-state index is -0.581. The Balaban J connectivity index is 1.63. The second-order valence-corrected chi connectivity index (χ2v) is 6.82. The van der Waals surface area contributed by atoms with Gasteiger partial charge in [-0.2, -0.15) is 0 Å². The molecule has 0 aliphatic heterocycles. The molecular formula is C20H19Cl2NO2. The molecule has 0 fully saturated rings.